The van der Waals surface area contributed by atoms with Gasteiger partial charge in [0.25, 0.3) is 0 Å². The van der Waals surface area contributed by atoms with E-state index in [0.717, 1.165) is 22.8 Å². The zero-order valence-electron chi connectivity index (χ0n) is 24.7. The second-order valence-electron chi connectivity index (χ2n) is 11.3. The standard InChI is InChI=1S/C42H31N3/c1-5-15-30(16-6-1)33-27-34(31-17-7-2-8-18-31)29-35(28-33)41-44-40-39(25-26-43-42(40)45(41)36-21-11-4-12-22-36)38-24-14-13-23-37(38)32-19-9-3-10-20-32/h1-29,41,44H. The fraction of sp³-hybridized carbons (Fsp3) is 0.0238. The lowest BCUT2D eigenvalue weighted by Gasteiger charge is -2.27. The fourth-order valence-corrected chi connectivity index (χ4v) is 6.41. The maximum Gasteiger partial charge on any atom is 0.159 e. The van der Waals surface area contributed by atoms with E-state index in [9.17, 15) is 0 Å². The first kappa shape index (κ1) is 26.7. The first-order chi connectivity index (χ1) is 22.3. The monoisotopic (exact) mass is 577 g/mol. The molecule has 3 nitrogen and oxygen atoms in total. The van der Waals surface area contributed by atoms with E-state index in [0.29, 0.717) is 0 Å². The van der Waals surface area contributed by atoms with E-state index in [4.69, 9.17) is 4.98 Å². The van der Waals surface area contributed by atoms with Crippen molar-refractivity contribution < 1.29 is 0 Å². The predicted molar refractivity (Wildman–Crippen MR) is 187 cm³/mol. The third-order valence-electron chi connectivity index (χ3n) is 8.52. The number of pyridine rings is 1. The van der Waals surface area contributed by atoms with E-state index in [-0.39, 0.29) is 6.17 Å². The van der Waals surface area contributed by atoms with Crippen molar-refractivity contribution in [3.05, 3.63) is 182 Å². The molecule has 7 aromatic rings. The summed E-state index contributed by atoms with van der Waals surface area (Å²) < 4.78 is 0. The number of aromatic nitrogens is 1. The van der Waals surface area contributed by atoms with Crippen molar-refractivity contribution in [2.24, 2.45) is 0 Å². The van der Waals surface area contributed by atoms with Gasteiger partial charge in [-0.2, -0.15) is 0 Å². The van der Waals surface area contributed by atoms with Gasteiger partial charge in [-0.15, -0.1) is 0 Å². The van der Waals surface area contributed by atoms with Gasteiger partial charge in [-0.25, -0.2) is 4.98 Å². The van der Waals surface area contributed by atoms with Crippen molar-refractivity contribution in [1.82, 2.24) is 4.98 Å². The molecule has 8 rings (SSSR count). The molecule has 1 unspecified atom stereocenters. The highest BCUT2D eigenvalue weighted by atomic mass is 15.4. The quantitative estimate of drug-likeness (QED) is 0.213. The summed E-state index contributed by atoms with van der Waals surface area (Å²) in [6.45, 7) is 0. The van der Waals surface area contributed by atoms with Crippen LogP contribution in [-0.4, -0.2) is 4.98 Å². The molecule has 1 N–H and O–H groups in total. The van der Waals surface area contributed by atoms with Crippen LogP contribution in [0, 0.1) is 0 Å². The Hall–Kier alpha value is -5.93. The van der Waals surface area contributed by atoms with E-state index in [1.165, 1.54) is 44.5 Å². The normalized spacial score (nSPS) is 13.7. The fourth-order valence-electron chi connectivity index (χ4n) is 6.41. The molecule has 0 aliphatic carbocycles. The molecule has 3 heteroatoms. The van der Waals surface area contributed by atoms with Crippen LogP contribution < -0.4 is 10.2 Å². The maximum atomic E-state index is 5.01. The average Bonchev–Trinajstić information content (AvgIpc) is 3.53. The summed E-state index contributed by atoms with van der Waals surface area (Å²) in [5.41, 5.74) is 12.7. The van der Waals surface area contributed by atoms with Gasteiger partial charge in [0.1, 0.15) is 6.17 Å². The summed E-state index contributed by atoms with van der Waals surface area (Å²) in [6, 6.07) is 60.1. The van der Waals surface area contributed by atoms with E-state index < -0.39 is 0 Å². The van der Waals surface area contributed by atoms with Crippen molar-refractivity contribution in [1.29, 1.82) is 0 Å². The number of hydrogen-bond donors (Lipinski definition) is 1. The largest absolute Gasteiger partial charge is 0.358 e. The number of nitrogens with one attached hydrogen (secondary N) is 1. The first-order valence-electron chi connectivity index (χ1n) is 15.3. The number of anilines is 3. The summed E-state index contributed by atoms with van der Waals surface area (Å²) in [7, 11) is 0. The smallest absolute Gasteiger partial charge is 0.159 e. The molecule has 2 heterocycles. The molecular formula is C42H31N3. The van der Waals surface area contributed by atoms with Gasteiger partial charge in [0.15, 0.2) is 5.82 Å². The zero-order chi connectivity index (χ0) is 30.0. The molecule has 214 valence electrons. The van der Waals surface area contributed by atoms with Crippen molar-refractivity contribution in [3.8, 4) is 44.5 Å². The Balaban J connectivity index is 1.32. The Kier molecular flexibility index (Phi) is 6.89. The highest BCUT2D eigenvalue weighted by molar-refractivity contribution is 5.96. The molecule has 0 saturated heterocycles. The van der Waals surface area contributed by atoms with Crippen molar-refractivity contribution >= 4 is 17.2 Å². The third kappa shape index (κ3) is 5.05. The number of nitrogens with zero attached hydrogens (tertiary/aromatic N) is 2. The lowest BCUT2D eigenvalue weighted by Crippen LogP contribution is -2.24. The minimum atomic E-state index is -0.175. The second-order valence-corrected chi connectivity index (χ2v) is 11.3. The van der Waals surface area contributed by atoms with Crippen LogP contribution in [-0.2, 0) is 0 Å². The molecule has 0 amide bonds. The molecule has 0 spiro atoms. The van der Waals surface area contributed by atoms with Crippen LogP contribution in [0.2, 0.25) is 0 Å². The van der Waals surface area contributed by atoms with Gasteiger partial charge in [-0.05, 0) is 80.9 Å². The lowest BCUT2D eigenvalue weighted by atomic mass is 9.94. The van der Waals surface area contributed by atoms with Crippen LogP contribution in [0.4, 0.5) is 17.2 Å². The summed E-state index contributed by atoms with van der Waals surface area (Å²) in [4.78, 5) is 7.34. The summed E-state index contributed by atoms with van der Waals surface area (Å²) in [5.74, 6) is 0.915. The molecule has 0 radical (unpaired) electrons. The van der Waals surface area contributed by atoms with Gasteiger partial charge in [0.05, 0.1) is 5.69 Å². The lowest BCUT2D eigenvalue weighted by molar-refractivity contribution is 0.821. The molecule has 6 aromatic carbocycles. The highest BCUT2D eigenvalue weighted by Crippen LogP contribution is 2.50. The molecule has 45 heavy (non-hydrogen) atoms. The molecule has 0 fully saturated rings. The van der Waals surface area contributed by atoms with Gasteiger partial charge >= 0.3 is 0 Å². The average molecular weight is 578 g/mol. The van der Waals surface area contributed by atoms with Gasteiger partial charge in [0, 0.05) is 17.4 Å². The highest BCUT2D eigenvalue weighted by Gasteiger charge is 2.35. The van der Waals surface area contributed by atoms with Crippen LogP contribution >= 0.6 is 0 Å². The van der Waals surface area contributed by atoms with Gasteiger partial charge in [0.2, 0.25) is 0 Å². The Morgan fingerprint density at radius 1 is 0.444 bits per heavy atom. The Labute approximate surface area is 264 Å². The Bertz CT molecular complexity index is 2020. The van der Waals surface area contributed by atoms with E-state index in [2.05, 4.69) is 180 Å². The van der Waals surface area contributed by atoms with Crippen molar-refractivity contribution in [2.75, 3.05) is 10.2 Å². The minimum absolute atomic E-state index is 0.175. The predicted octanol–water partition coefficient (Wildman–Crippen LogP) is 11.0. The van der Waals surface area contributed by atoms with Gasteiger partial charge in [-0.3, -0.25) is 4.90 Å². The van der Waals surface area contributed by atoms with E-state index >= 15 is 0 Å². The van der Waals surface area contributed by atoms with Crippen molar-refractivity contribution in [3.63, 3.8) is 0 Å². The third-order valence-corrected chi connectivity index (χ3v) is 8.52. The zero-order valence-corrected chi connectivity index (χ0v) is 24.7. The number of rotatable bonds is 6. The molecule has 1 aliphatic heterocycles. The molecule has 1 aliphatic rings. The second kappa shape index (κ2) is 11.6. The molecule has 0 bridgehead atoms. The Morgan fingerprint density at radius 3 is 1.56 bits per heavy atom. The van der Waals surface area contributed by atoms with Gasteiger partial charge < -0.3 is 5.32 Å². The van der Waals surface area contributed by atoms with Gasteiger partial charge in [-0.1, -0.05) is 133 Å². The number of para-hydroxylation sites is 1. The topological polar surface area (TPSA) is 28.2 Å². The first-order valence-corrected chi connectivity index (χ1v) is 15.3. The molecular weight excluding hydrogens is 546 g/mol. The minimum Gasteiger partial charge on any atom is -0.358 e. The van der Waals surface area contributed by atoms with Crippen LogP contribution in [0.25, 0.3) is 44.5 Å². The van der Waals surface area contributed by atoms with Crippen LogP contribution in [0.5, 0.6) is 0 Å². The SMILES string of the molecule is c1ccc(-c2cc(-c3ccccc3)cc(C3Nc4c(-c5ccccc5-c5ccccc5)ccnc4N3c3ccccc3)c2)cc1. The Morgan fingerprint density at radius 2 is 0.956 bits per heavy atom. The molecule has 0 saturated carbocycles. The van der Waals surface area contributed by atoms with Crippen LogP contribution in [0.1, 0.15) is 11.7 Å². The molecule has 1 aromatic heterocycles. The number of fused-ring (bicyclic) bond motifs is 1. The summed E-state index contributed by atoms with van der Waals surface area (Å²) >= 11 is 0. The van der Waals surface area contributed by atoms with Crippen LogP contribution in [0.15, 0.2) is 176 Å². The number of benzene rings is 6. The molecule has 1 atom stereocenters. The van der Waals surface area contributed by atoms with E-state index in [1.54, 1.807) is 0 Å². The maximum absolute atomic E-state index is 5.01. The van der Waals surface area contributed by atoms with Crippen LogP contribution in [0.3, 0.4) is 0 Å². The number of hydrogen-bond acceptors (Lipinski definition) is 3. The summed E-state index contributed by atoms with van der Waals surface area (Å²) in [5, 5.41) is 3.97. The van der Waals surface area contributed by atoms with Crippen molar-refractivity contribution in [2.45, 2.75) is 6.17 Å². The summed E-state index contributed by atoms with van der Waals surface area (Å²) in [6.07, 6.45) is 1.76. The van der Waals surface area contributed by atoms with E-state index in [1.807, 2.05) is 6.20 Å².